The smallest absolute Gasteiger partial charge is 0.184 e. The first-order chi connectivity index (χ1) is 6.86. The second kappa shape index (κ2) is 2.79. The highest BCUT2D eigenvalue weighted by molar-refractivity contribution is 7.80. The molecule has 1 aliphatic rings. The molecule has 0 spiro atoms. The van der Waals surface area contributed by atoms with Crippen LogP contribution in [0, 0.1) is 0 Å². The van der Waals surface area contributed by atoms with Crippen molar-refractivity contribution in [1.82, 2.24) is 0 Å². The summed E-state index contributed by atoms with van der Waals surface area (Å²) in [5.41, 5.74) is 2.31. The number of rotatable bonds is 1. The van der Waals surface area contributed by atoms with Crippen LogP contribution in [0.1, 0.15) is 0 Å². The molecule has 0 radical (unpaired) electrons. The van der Waals surface area contributed by atoms with Crippen LogP contribution in [0.25, 0.3) is 11.1 Å². The Balaban J connectivity index is 2.19. The average molecular weight is 200 g/mol. The van der Waals surface area contributed by atoms with Crippen molar-refractivity contribution in [2.75, 3.05) is 0 Å². The van der Waals surface area contributed by atoms with E-state index in [0.717, 1.165) is 22.0 Å². The van der Waals surface area contributed by atoms with Crippen LogP contribution in [0.2, 0.25) is 0 Å². The Morgan fingerprint density at radius 2 is 1.71 bits per heavy atom. The maximum atomic E-state index is 5.25. The van der Waals surface area contributed by atoms with Crippen molar-refractivity contribution in [1.29, 1.82) is 0 Å². The maximum absolute atomic E-state index is 5.25. The van der Waals surface area contributed by atoms with Crippen LogP contribution in [-0.4, -0.2) is 0 Å². The molecule has 0 bridgehead atoms. The summed E-state index contributed by atoms with van der Waals surface area (Å²) in [7, 11) is 0. The Labute approximate surface area is 87.8 Å². The fraction of sp³-hybridized carbons (Fsp3) is 0. The number of thiol groups is 1. The average Bonchev–Trinajstić information content (AvgIpc) is 3.00. The summed E-state index contributed by atoms with van der Waals surface area (Å²) >= 11 is 4.45. The Hall–Kier alpha value is -1.41. The minimum absolute atomic E-state index is 0.926. The van der Waals surface area contributed by atoms with Gasteiger partial charge < -0.3 is 4.74 Å². The SMILES string of the molecule is Sc1c(-c2ccccc2)ccc2c1O2. The van der Waals surface area contributed by atoms with Crippen LogP contribution in [-0.2, 0) is 0 Å². The van der Waals surface area contributed by atoms with E-state index in [-0.39, 0.29) is 0 Å². The third-order valence-electron chi connectivity index (χ3n) is 2.35. The molecule has 14 heavy (non-hydrogen) atoms. The van der Waals surface area contributed by atoms with Crippen LogP contribution < -0.4 is 4.74 Å². The Morgan fingerprint density at radius 1 is 0.929 bits per heavy atom. The second-order valence-electron chi connectivity index (χ2n) is 3.26. The molecule has 2 heteroatoms. The first kappa shape index (κ1) is 7.94. The van der Waals surface area contributed by atoms with Crippen molar-refractivity contribution in [3.63, 3.8) is 0 Å². The van der Waals surface area contributed by atoms with Gasteiger partial charge in [-0.05, 0) is 23.3 Å². The fourth-order valence-electron chi connectivity index (χ4n) is 1.57. The third kappa shape index (κ3) is 1.11. The highest BCUT2D eigenvalue weighted by Crippen LogP contribution is 2.52. The monoisotopic (exact) mass is 200 g/mol. The predicted molar refractivity (Wildman–Crippen MR) is 59.2 cm³/mol. The molecule has 1 nitrogen and oxygen atoms in total. The normalized spacial score (nSPS) is 11.8. The molecule has 0 N–H and O–H groups in total. The molecule has 1 aliphatic heterocycles. The first-order valence-corrected chi connectivity index (χ1v) is 4.90. The minimum atomic E-state index is 0.926. The van der Waals surface area contributed by atoms with E-state index < -0.39 is 0 Å². The zero-order valence-electron chi connectivity index (χ0n) is 7.40. The molecule has 3 rings (SSSR count). The van der Waals surface area contributed by atoms with Gasteiger partial charge in [-0.2, -0.15) is 0 Å². The predicted octanol–water partition coefficient (Wildman–Crippen LogP) is 3.75. The summed E-state index contributed by atoms with van der Waals surface area (Å²) in [6.07, 6.45) is 0. The lowest BCUT2D eigenvalue weighted by atomic mass is 10.1. The van der Waals surface area contributed by atoms with E-state index in [0.29, 0.717) is 0 Å². The van der Waals surface area contributed by atoms with Crippen molar-refractivity contribution in [3.05, 3.63) is 42.5 Å². The number of fused-ring (bicyclic) bond motifs is 1. The van der Waals surface area contributed by atoms with Crippen molar-refractivity contribution in [2.24, 2.45) is 0 Å². The lowest BCUT2D eigenvalue weighted by molar-refractivity contribution is 0.641. The zero-order valence-corrected chi connectivity index (χ0v) is 8.29. The lowest BCUT2D eigenvalue weighted by Crippen LogP contribution is -1.75. The van der Waals surface area contributed by atoms with Crippen molar-refractivity contribution in [2.45, 2.75) is 4.90 Å². The molecule has 0 unspecified atom stereocenters. The quantitative estimate of drug-likeness (QED) is 0.466. The summed E-state index contributed by atoms with van der Waals surface area (Å²) in [5, 5.41) is 0. The van der Waals surface area contributed by atoms with E-state index in [9.17, 15) is 0 Å². The number of hydrogen-bond acceptors (Lipinski definition) is 2. The van der Waals surface area contributed by atoms with Crippen molar-refractivity contribution < 1.29 is 4.74 Å². The minimum Gasteiger partial charge on any atom is -0.448 e. The van der Waals surface area contributed by atoms with Gasteiger partial charge in [-0.3, -0.25) is 0 Å². The van der Waals surface area contributed by atoms with E-state index in [2.05, 4.69) is 24.8 Å². The van der Waals surface area contributed by atoms with Crippen molar-refractivity contribution in [3.8, 4) is 22.6 Å². The van der Waals surface area contributed by atoms with Gasteiger partial charge in [-0.1, -0.05) is 30.3 Å². The molecule has 0 aliphatic carbocycles. The van der Waals surface area contributed by atoms with Crippen LogP contribution >= 0.6 is 12.6 Å². The van der Waals surface area contributed by atoms with E-state index in [1.807, 2.05) is 30.3 Å². The molecular weight excluding hydrogens is 192 g/mol. The molecule has 0 amide bonds. The standard InChI is InChI=1S/C12H8OS/c14-12-9(6-7-10-11(12)13-10)8-4-2-1-3-5-8/h1-7,14H. The van der Waals surface area contributed by atoms with Gasteiger partial charge in [-0.25, -0.2) is 0 Å². The van der Waals surface area contributed by atoms with Crippen LogP contribution in [0.15, 0.2) is 47.4 Å². The summed E-state index contributed by atoms with van der Waals surface area (Å²) in [6, 6.07) is 14.2. The number of ether oxygens (including phenoxy) is 1. The molecule has 0 saturated carbocycles. The third-order valence-corrected chi connectivity index (χ3v) is 2.79. The number of hydrogen-bond donors (Lipinski definition) is 1. The van der Waals surface area contributed by atoms with Gasteiger partial charge in [0.15, 0.2) is 11.5 Å². The molecule has 68 valence electrons. The molecule has 0 fully saturated rings. The van der Waals surface area contributed by atoms with Gasteiger partial charge in [0, 0.05) is 0 Å². The molecule has 1 heterocycles. The fourth-order valence-corrected chi connectivity index (χ4v) is 1.93. The van der Waals surface area contributed by atoms with E-state index in [4.69, 9.17) is 4.74 Å². The van der Waals surface area contributed by atoms with Crippen LogP contribution in [0.4, 0.5) is 0 Å². The maximum Gasteiger partial charge on any atom is 0.184 e. The molecule has 0 atom stereocenters. The molecular formula is C12H8OS. The summed E-state index contributed by atoms with van der Waals surface area (Å²) in [4.78, 5) is 0.939. The van der Waals surface area contributed by atoms with Gasteiger partial charge in [0.1, 0.15) is 0 Å². The van der Waals surface area contributed by atoms with Crippen LogP contribution in [0.3, 0.4) is 0 Å². The Kier molecular flexibility index (Phi) is 1.58. The lowest BCUT2D eigenvalue weighted by Gasteiger charge is -2.01. The van der Waals surface area contributed by atoms with E-state index >= 15 is 0 Å². The van der Waals surface area contributed by atoms with Gasteiger partial charge >= 0.3 is 0 Å². The van der Waals surface area contributed by atoms with Gasteiger partial charge in [0.25, 0.3) is 0 Å². The first-order valence-electron chi connectivity index (χ1n) is 4.45. The topological polar surface area (TPSA) is 12.5 Å². The van der Waals surface area contributed by atoms with E-state index in [1.165, 1.54) is 5.56 Å². The van der Waals surface area contributed by atoms with Crippen molar-refractivity contribution >= 4 is 12.6 Å². The van der Waals surface area contributed by atoms with Gasteiger partial charge in [0.05, 0.1) is 4.90 Å². The summed E-state index contributed by atoms with van der Waals surface area (Å²) in [6.45, 7) is 0. The van der Waals surface area contributed by atoms with E-state index in [1.54, 1.807) is 0 Å². The van der Waals surface area contributed by atoms with Crippen LogP contribution in [0.5, 0.6) is 11.5 Å². The second-order valence-corrected chi connectivity index (χ2v) is 3.70. The highest BCUT2D eigenvalue weighted by atomic mass is 32.1. The number of benzene rings is 2. The Morgan fingerprint density at radius 3 is 2.50 bits per heavy atom. The largest absolute Gasteiger partial charge is 0.448 e. The molecule has 0 aromatic heterocycles. The zero-order chi connectivity index (χ0) is 9.54. The Bertz CT molecular complexity index is 491. The molecule has 0 saturated heterocycles. The summed E-state index contributed by atoms with van der Waals surface area (Å²) < 4.78 is 5.25. The summed E-state index contributed by atoms with van der Waals surface area (Å²) in [5.74, 6) is 1.88. The molecule has 2 aromatic rings. The highest BCUT2D eigenvalue weighted by Gasteiger charge is 2.25. The van der Waals surface area contributed by atoms with Gasteiger partial charge in [0.2, 0.25) is 0 Å². The van der Waals surface area contributed by atoms with Gasteiger partial charge in [-0.15, -0.1) is 12.6 Å². The molecule has 2 aromatic carbocycles.